The van der Waals surface area contributed by atoms with Crippen molar-refractivity contribution in [1.29, 1.82) is 0 Å². The number of nitrogens with one attached hydrogen (secondary N) is 1. The molecule has 0 unspecified atom stereocenters. The third kappa shape index (κ3) is 2.74. The summed E-state index contributed by atoms with van der Waals surface area (Å²) in [6.07, 6.45) is 2.01. The predicted molar refractivity (Wildman–Crippen MR) is 68.8 cm³/mol. The number of hydrogen-bond donors (Lipinski definition) is 1. The molecule has 2 aromatic rings. The Kier molecular flexibility index (Phi) is 3.59. The van der Waals surface area contributed by atoms with Crippen molar-refractivity contribution in [2.45, 2.75) is 26.9 Å². The van der Waals surface area contributed by atoms with Crippen molar-refractivity contribution in [3.05, 3.63) is 41.9 Å². The quantitative estimate of drug-likeness (QED) is 0.873. The summed E-state index contributed by atoms with van der Waals surface area (Å²) in [5.41, 5.74) is 3.41. The second kappa shape index (κ2) is 5.15. The lowest BCUT2D eigenvalue weighted by Gasteiger charge is -2.12. The van der Waals surface area contributed by atoms with Crippen molar-refractivity contribution in [2.75, 3.05) is 6.61 Å². The van der Waals surface area contributed by atoms with Gasteiger partial charge in [0, 0.05) is 6.61 Å². The van der Waals surface area contributed by atoms with Crippen molar-refractivity contribution in [1.82, 2.24) is 9.97 Å². The van der Waals surface area contributed by atoms with Gasteiger partial charge in [0.2, 0.25) is 0 Å². The minimum atomic E-state index is 0.151. The molecule has 1 aromatic carbocycles. The van der Waals surface area contributed by atoms with Crippen molar-refractivity contribution in [3.8, 4) is 11.3 Å². The van der Waals surface area contributed by atoms with Crippen LogP contribution in [-0.4, -0.2) is 16.6 Å². The Hall–Kier alpha value is -1.61. The average molecular weight is 230 g/mol. The van der Waals surface area contributed by atoms with Gasteiger partial charge in [-0.15, -0.1) is 0 Å². The Bertz CT molecular complexity index is 473. The molecular weight excluding hydrogens is 212 g/mol. The van der Waals surface area contributed by atoms with E-state index in [1.165, 1.54) is 5.56 Å². The minimum Gasteiger partial charge on any atom is -0.374 e. The maximum atomic E-state index is 5.56. The molecule has 0 saturated heterocycles. The average Bonchev–Trinajstić information content (AvgIpc) is 2.76. The number of aryl methyl sites for hydroxylation is 1. The lowest BCUT2D eigenvalue weighted by atomic mass is 10.1. The van der Waals surface area contributed by atoms with Gasteiger partial charge in [0.1, 0.15) is 5.82 Å². The fourth-order valence-electron chi connectivity index (χ4n) is 1.85. The number of imidazole rings is 1. The van der Waals surface area contributed by atoms with E-state index in [-0.39, 0.29) is 6.10 Å². The van der Waals surface area contributed by atoms with Gasteiger partial charge in [-0.1, -0.05) is 24.3 Å². The monoisotopic (exact) mass is 230 g/mol. The molecule has 0 bridgehead atoms. The molecular formula is C14H18N2O. The highest BCUT2D eigenvalue weighted by Gasteiger charge is 2.05. The Labute approximate surface area is 102 Å². The van der Waals surface area contributed by atoms with Crippen LogP contribution in [0.4, 0.5) is 0 Å². The molecule has 17 heavy (non-hydrogen) atoms. The second-order valence-corrected chi connectivity index (χ2v) is 4.10. The van der Waals surface area contributed by atoms with Gasteiger partial charge in [-0.3, -0.25) is 0 Å². The first-order chi connectivity index (χ1) is 8.20. The third-order valence-electron chi connectivity index (χ3n) is 2.81. The number of hydrogen-bond acceptors (Lipinski definition) is 2. The van der Waals surface area contributed by atoms with Crippen molar-refractivity contribution < 1.29 is 4.74 Å². The Balaban J connectivity index is 2.18. The molecule has 1 aromatic heterocycles. The summed E-state index contributed by atoms with van der Waals surface area (Å²) >= 11 is 0. The molecule has 2 rings (SSSR count). The van der Waals surface area contributed by atoms with E-state index in [4.69, 9.17) is 4.74 Å². The van der Waals surface area contributed by atoms with Crippen LogP contribution in [0.5, 0.6) is 0 Å². The SMILES string of the molecule is CCO[C@@H](C)c1ccc(-c2cnc(C)[nH]2)cc1. The van der Waals surface area contributed by atoms with Crippen LogP contribution in [0.1, 0.15) is 31.3 Å². The van der Waals surface area contributed by atoms with Crippen LogP contribution in [0, 0.1) is 6.92 Å². The van der Waals surface area contributed by atoms with Gasteiger partial charge in [-0.2, -0.15) is 0 Å². The Morgan fingerprint density at radius 3 is 2.53 bits per heavy atom. The lowest BCUT2D eigenvalue weighted by Crippen LogP contribution is -1.98. The summed E-state index contributed by atoms with van der Waals surface area (Å²) in [7, 11) is 0. The molecule has 1 heterocycles. The number of H-pyrrole nitrogens is 1. The highest BCUT2D eigenvalue weighted by atomic mass is 16.5. The third-order valence-corrected chi connectivity index (χ3v) is 2.81. The molecule has 3 nitrogen and oxygen atoms in total. The van der Waals surface area contributed by atoms with E-state index < -0.39 is 0 Å². The smallest absolute Gasteiger partial charge is 0.103 e. The molecule has 0 radical (unpaired) electrons. The van der Waals surface area contributed by atoms with Gasteiger partial charge in [-0.25, -0.2) is 4.98 Å². The standard InChI is InChI=1S/C14H18N2O/c1-4-17-10(2)12-5-7-13(8-6-12)14-9-15-11(3)16-14/h5-10H,4H2,1-3H3,(H,15,16)/t10-/m0/s1. The van der Waals surface area contributed by atoms with Gasteiger partial charge in [0.25, 0.3) is 0 Å². The maximum Gasteiger partial charge on any atom is 0.103 e. The zero-order valence-corrected chi connectivity index (χ0v) is 10.5. The first-order valence-corrected chi connectivity index (χ1v) is 5.94. The number of ether oxygens (including phenoxy) is 1. The Morgan fingerprint density at radius 2 is 2.00 bits per heavy atom. The molecule has 0 aliphatic carbocycles. The highest BCUT2D eigenvalue weighted by Crippen LogP contribution is 2.22. The summed E-state index contributed by atoms with van der Waals surface area (Å²) in [5.74, 6) is 0.937. The van der Waals surface area contributed by atoms with Crippen molar-refractivity contribution in [3.63, 3.8) is 0 Å². The van der Waals surface area contributed by atoms with Gasteiger partial charge in [0.15, 0.2) is 0 Å². The fourth-order valence-corrected chi connectivity index (χ4v) is 1.85. The van der Waals surface area contributed by atoms with E-state index in [0.717, 1.165) is 23.7 Å². The van der Waals surface area contributed by atoms with E-state index in [1.54, 1.807) is 0 Å². The van der Waals surface area contributed by atoms with E-state index in [2.05, 4.69) is 41.2 Å². The second-order valence-electron chi connectivity index (χ2n) is 4.10. The molecule has 0 aliphatic heterocycles. The molecule has 0 amide bonds. The van der Waals surface area contributed by atoms with Crippen LogP contribution in [0.2, 0.25) is 0 Å². The molecule has 90 valence electrons. The zero-order valence-electron chi connectivity index (χ0n) is 10.5. The number of aromatic amines is 1. The molecule has 1 N–H and O–H groups in total. The van der Waals surface area contributed by atoms with Gasteiger partial charge < -0.3 is 9.72 Å². The molecule has 3 heteroatoms. The summed E-state index contributed by atoms with van der Waals surface area (Å²) in [5, 5.41) is 0. The topological polar surface area (TPSA) is 37.9 Å². The van der Waals surface area contributed by atoms with Crippen LogP contribution in [0.3, 0.4) is 0 Å². The van der Waals surface area contributed by atoms with E-state index in [1.807, 2.05) is 20.0 Å². The van der Waals surface area contributed by atoms with Crippen molar-refractivity contribution >= 4 is 0 Å². The lowest BCUT2D eigenvalue weighted by molar-refractivity contribution is 0.0764. The van der Waals surface area contributed by atoms with Crippen LogP contribution in [0.25, 0.3) is 11.3 Å². The number of benzene rings is 1. The van der Waals surface area contributed by atoms with Crippen LogP contribution >= 0.6 is 0 Å². The molecule has 0 saturated carbocycles. The summed E-state index contributed by atoms with van der Waals surface area (Å²) in [6.45, 7) is 6.77. The summed E-state index contributed by atoms with van der Waals surface area (Å²) in [4.78, 5) is 7.42. The number of rotatable bonds is 4. The maximum absolute atomic E-state index is 5.56. The molecule has 0 spiro atoms. The largest absolute Gasteiger partial charge is 0.374 e. The first-order valence-electron chi connectivity index (χ1n) is 5.94. The van der Waals surface area contributed by atoms with E-state index in [9.17, 15) is 0 Å². The molecule has 1 atom stereocenters. The molecule has 0 aliphatic rings. The summed E-state index contributed by atoms with van der Waals surface area (Å²) < 4.78 is 5.56. The first kappa shape index (κ1) is 11.9. The fraction of sp³-hybridized carbons (Fsp3) is 0.357. The van der Waals surface area contributed by atoms with E-state index >= 15 is 0 Å². The van der Waals surface area contributed by atoms with Crippen molar-refractivity contribution in [2.24, 2.45) is 0 Å². The normalized spacial score (nSPS) is 12.6. The Morgan fingerprint density at radius 1 is 1.29 bits per heavy atom. The highest BCUT2D eigenvalue weighted by molar-refractivity contribution is 5.58. The number of aromatic nitrogens is 2. The predicted octanol–water partition coefficient (Wildman–Crippen LogP) is 3.48. The number of nitrogens with zero attached hydrogens (tertiary/aromatic N) is 1. The minimum absolute atomic E-state index is 0.151. The molecule has 0 fully saturated rings. The van der Waals surface area contributed by atoms with Crippen LogP contribution < -0.4 is 0 Å². The van der Waals surface area contributed by atoms with Gasteiger partial charge >= 0.3 is 0 Å². The van der Waals surface area contributed by atoms with Crippen LogP contribution in [-0.2, 0) is 4.74 Å². The van der Waals surface area contributed by atoms with Gasteiger partial charge in [-0.05, 0) is 31.9 Å². The van der Waals surface area contributed by atoms with E-state index in [0.29, 0.717) is 0 Å². The summed E-state index contributed by atoms with van der Waals surface area (Å²) in [6, 6.07) is 8.40. The zero-order chi connectivity index (χ0) is 12.3. The van der Waals surface area contributed by atoms with Gasteiger partial charge in [0.05, 0.1) is 18.0 Å². The van der Waals surface area contributed by atoms with Crippen LogP contribution in [0.15, 0.2) is 30.5 Å².